The van der Waals surface area contributed by atoms with E-state index in [1.165, 1.54) is 0 Å². The highest BCUT2D eigenvalue weighted by Gasteiger charge is 2.19. The van der Waals surface area contributed by atoms with Gasteiger partial charge in [-0.1, -0.05) is 17.7 Å². The summed E-state index contributed by atoms with van der Waals surface area (Å²) in [5.41, 5.74) is 2.24. The number of ether oxygens (including phenoxy) is 1. The highest BCUT2D eigenvalue weighted by molar-refractivity contribution is 6.30. The van der Waals surface area contributed by atoms with E-state index in [2.05, 4.69) is 15.1 Å². The van der Waals surface area contributed by atoms with Gasteiger partial charge in [-0.25, -0.2) is 4.79 Å². The number of amides is 1. The molecule has 1 aliphatic heterocycles. The fraction of sp³-hybridized carbons (Fsp3) is 0.333. The Morgan fingerprint density at radius 3 is 2.43 bits per heavy atom. The summed E-state index contributed by atoms with van der Waals surface area (Å²) in [6.45, 7) is 5.75. The molecule has 7 heteroatoms. The van der Waals surface area contributed by atoms with Crippen molar-refractivity contribution in [3.63, 3.8) is 0 Å². The molecule has 0 aliphatic carbocycles. The zero-order chi connectivity index (χ0) is 19.9. The number of hydrogen-bond donors (Lipinski definition) is 1. The lowest BCUT2D eigenvalue weighted by Crippen LogP contribution is -2.48. The van der Waals surface area contributed by atoms with Crippen molar-refractivity contribution < 1.29 is 14.3 Å². The van der Waals surface area contributed by atoms with Crippen molar-refractivity contribution in [1.29, 1.82) is 0 Å². The van der Waals surface area contributed by atoms with E-state index < -0.39 is 0 Å². The van der Waals surface area contributed by atoms with Gasteiger partial charge >= 0.3 is 5.97 Å². The molecule has 0 unspecified atom stereocenters. The molecule has 1 aliphatic rings. The Labute approximate surface area is 170 Å². The van der Waals surface area contributed by atoms with E-state index in [1.54, 1.807) is 31.2 Å². The van der Waals surface area contributed by atoms with E-state index in [1.807, 2.05) is 24.3 Å². The molecule has 1 heterocycles. The molecule has 1 amide bonds. The lowest BCUT2D eigenvalue weighted by molar-refractivity contribution is -0.117. The predicted octanol–water partition coefficient (Wildman–Crippen LogP) is 3.28. The van der Waals surface area contributed by atoms with Crippen molar-refractivity contribution in [1.82, 2.24) is 4.90 Å². The lowest BCUT2D eigenvalue weighted by atomic mass is 10.2. The van der Waals surface area contributed by atoms with Gasteiger partial charge in [0.1, 0.15) is 0 Å². The molecule has 1 saturated heterocycles. The number of carbonyl (C=O) groups is 2. The van der Waals surface area contributed by atoms with E-state index in [0.717, 1.165) is 36.9 Å². The maximum Gasteiger partial charge on any atom is 0.338 e. The molecule has 0 aromatic heterocycles. The monoisotopic (exact) mass is 401 g/mol. The fourth-order valence-corrected chi connectivity index (χ4v) is 3.33. The Morgan fingerprint density at radius 1 is 1.07 bits per heavy atom. The third-order valence-electron chi connectivity index (χ3n) is 4.59. The number of anilines is 2. The quantitative estimate of drug-likeness (QED) is 0.752. The smallest absolute Gasteiger partial charge is 0.338 e. The molecule has 3 rings (SSSR count). The third kappa shape index (κ3) is 5.47. The zero-order valence-corrected chi connectivity index (χ0v) is 16.6. The Hall–Kier alpha value is -2.57. The molecular weight excluding hydrogens is 378 g/mol. The van der Waals surface area contributed by atoms with Crippen LogP contribution in [0.3, 0.4) is 0 Å². The lowest BCUT2D eigenvalue weighted by Gasteiger charge is -2.35. The van der Waals surface area contributed by atoms with Crippen LogP contribution in [-0.2, 0) is 9.53 Å². The number of nitrogens with one attached hydrogen (secondary N) is 1. The van der Waals surface area contributed by atoms with Crippen LogP contribution in [0.1, 0.15) is 17.3 Å². The molecule has 6 nitrogen and oxygen atoms in total. The van der Waals surface area contributed by atoms with Crippen LogP contribution < -0.4 is 10.2 Å². The third-order valence-corrected chi connectivity index (χ3v) is 4.83. The van der Waals surface area contributed by atoms with Gasteiger partial charge in [-0.05, 0) is 49.4 Å². The van der Waals surface area contributed by atoms with E-state index in [9.17, 15) is 9.59 Å². The van der Waals surface area contributed by atoms with Gasteiger partial charge in [-0.3, -0.25) is 9.69 Å². The number of piperazine rings is 1. The number of esters is 1. The van der Waals surface area contributed by atoms with Gasteiger partial charge in [0.25, 0.3) is 0 Å². The summed E-state index contributed by atoms with van der Waals surface area (Å²) in [6, 6.07) is 14.5. The first-order valence-electron chi connectivity index (χ1n) is 9.35. The molecule has 1 N–H and O–H groups in total. The van der Waals surface area contributed by atoms with Gasteiger partial charge in [-0.2, -0.15) is 0 Å². The summed E-state index contributed by atoms with van der Waals surface area (Å²) in [6.07, 6.45) is 0. The average molecular weight is 402 g/mol. The maximum absolute atomic E-state index is 12.3. The Morgan fingerprint density at radius 2 is 1.79 bits per heavy atom. The number of rotatable bonds is 6. The van der Waals surface area contributed by atoms with Crippen molar-refractivity contribution in [3.05, 3.63) is 59.1 Å². The van der Waals surface area contributed by atoms with Crippen molar-refractivity contribution >= 4 is 34.9 Å². The highest BCUT2D eigenvalue weighted by Crippen LogP contribution is 2.20. The van der Waals surface area contributed by atoms with Gasteiger partial charge in [0.15, 0.2) is 0 Å². The summed E-state index contributed by atoms with van der Waals surface area (Å²) < 4.78 is 4.95. The van der Waals surface area contributed by atoms with Crippen LogP contribution in [0.15, 0.2) is 48.5 Å². The molecule has 28 heavy (non-hydrogen) atoms. The second-order valence-electron chi connectivity index (χ2n) is 6.59. The van der Waals surface area contributed by atoms with Crippen molar-refractivity contribution in [2.24, 2.45) is 0 Å². The van der Waals surface area contributed by atoms with Gasteiger partial charge < -0.3 is 15.0 Å². The van der Waals surface area contributed by atoms with Gasteiger partial charge in [0.2, 0.25) is 5.91 Å². The normalized spacial score (nSPS) is 14.6. The Balaban J connectivity index is 1.46. The van der Waals surface area contributed by atoms with Crippen LogP contribution in [0.2, 0.25) is 5.02 Å². The summed E-state index contributed by atoms with van der Waals surface area (Å²) >= 11 is 6.07. The molecule has 2 aromatic rings. The van der Waals surface area contributed by atoms with Gasteiger partial charge in [0.05, 0.1) is 18.7 Å². The van der Waals surface area contributed by atoms with E-state index >= 15 is 0 Å². The van der Waals surface area contributed by atoms with E-state index in [-0.39, 0.29) is 11.9 Å². The van der Waals surface area contributed by atoms with Gasteiger partial charge in [0, 0.05) is 42.6 Å². The molecular formula is C21H24ClN3O3. The molecule has 0 saturated carbocycles. The SMILES string of the molecule is CCOC(=O)c1ccc(NC(=O)CN2CCN(c3cccc(Cl)c3)CC2)cc1. The van der Waals surface area contributed by atoms with Gasteiger partial charge in [-0.15, -0.1) is 0 Å². The first kappa shape index (κ1) is 20.2. The number of hydrogen-bond acceptors (Lipinski definition) is 5. The molecule has 148 valence electrons. The van der Waals surface area contributed by atoms with Crippen molar-refractivity contribution in [2.45, 2.75) is 6.92 Å². The minimum absolute atomic E-state index is 0.0694. The van der Waals surface area contributed by atoms with E-state index in [4.69, 9.17) is 16.3 Å². The summed E-state index contributed by atoms with van der Waals surface area (Å²) in [4.78, 5) is 28.4. The topological polar surface area (TPSA) is 61.9 Å². The molecule has 0 radical (unpaired) electrons. The zero-order valence-electron chi connectivity index (χ0n) is 15.9. The summed E-state index contributed by atoms with van der Waals surface area (Å²) in [5.74, 6) is -0.432. The van der Waals surface area contributed by atoms with Crippen molar-refractivity contribution in [3.8, 4) is 0 Å². The first-order chi connectivity index (χ1) is 13.5. The van der Waals surface area contributed by atoms with E-state index in [0.29, 0.717) is 24.4 Å². The number of nitrogens with zero attached hydrogens (tertiary/aromatic N) is 2. The predicted molar refractivity (Wildman–Crippen MR) is 111 cm³/mol. The number of halogens is 1. The minimum Gasteiger partial charge on any atom is -0.462 e. The second-order valence-corrected chi connectivity index (χ2v) is 7.03. The number of carbonyl (C=O) groups excluding carboxylic acids is 2. The summed E-state index contributed by atoms with van der Waals surface area (Å²) in [5, 5.41) is 3.60. The summed E-state index contributed by atoms with van der Waals surface area (Å²) in [7, 11) is 0. The highest BCUT2D eigenvalue weighted by atomic mass is 35.5. The van der Waals surface area contributed by atoms with Crippen LogP contribution in [0.25, 0.3) is 0 Å². The molecule has 0 atom stereocenters. The minimum atomic E-state index is -0.363. The van der Waals surface area contributed by atoms with Crippen molar-refractivity contribution in [2.75, 3.05) is 49.5 Å². The first-order valence-corrected chi connectivity index (χ1v) is 9.73. The second kappa shape index (κ2) is 9.57. The number of benzene rings is 2. The van der Waals surface area contributed by atoms with Crippen LogP contribution >= 0.6 is 11.6 Å². The molecule has 2 aromatic carbocycles. The standard InChI is InChI=1S/C21H24ClN3O3/c1-2-28-21(27)16-6-8-18(9-7-16)23-20(26)15-24-10-12-25(13-11-24)19-5-3-4-17(22)14-19/h3-9,14H,2,10-13,15H2,1H3,(H,23,26). The molecule has 0 bridgehead atoms. The fourth-order valence-electron chi connectivity index (χ4n) is 3.14. The van der Waals surface area contributed by atoms with Crippen LogP contribution in [-0.4, -0.2) is 56.1 Å². The Kier molecular flexibility index (Phi) is 6.90. The molecule has 1 fully saturated rings. The van der Waals surface area contributed by atoms with Crippen LogP contribution in [0.4, 0.5) is 11.4 Å². The molecule has 0 spiro atoms. The average Bonchev–Trinajstić information content (AvgIpc) is 2.69. The van der Waals surface area contributed by atoms with Crippen LogP contribution in [0.5, 0.6) is 0 Å². The van der Waals surface area contributed by atoms with Crippen LogP contribution in [0, 0.1) is 0 Å². The maximum atomic E-state index is 12.3. The Bertz CT molecular complexity index is 818. The largest absolute Gasteiger partial charge is 0.462 e.